The van der Waals surface area contributed by atoms with Gasteiger partial charge < -0.3 is 15.5 Å². The molecule has 0 atom stereocenters. The molecule has 0 spiro atoms. The molecule has 0 saturated carbocycles. The van der Waals surface area contributed by atoms with Gasteiger partial charge in [-0.25, -0.2) is 0 Å². The quantitative estimate of drug-likeness (QED) is 0.769. The highest BCUT2D eigenvalue weighted by Crippen LogP contribution is 2.11. The van der Waals surface area contributed by atoms with E-state index in [0.29, 0.717) is 12.1 Å². The number of piperidine rings is 1. The average Bonchev–Trinajstić information content (AvgIpc) is 2.62. The lowest BCUT2D eigenvalue weighted by molar-refractivity contribution is -0.136. The molecule has 1 aromatic rings. The van der Waals surface area contributed by atoms with E-state index in [2.05, 4.69) is 15.5 Å². The summed E-state index contributed by atoms with van der Waals surface area (Å²) in [6.45, 7) is 7.56. The van der Waals surface area contributed by atoms with Gasteiger partial charge in [0.25, 0.3) is 5.91 Å². The lowest BCUT2D eigenvalue weighted by atomic mass is 10.0. The Bertz CT molecular complexity index is 677. The summed E-state index contributed by atoms with van der Waals surface area (Å²) in [6.07, 6.45) is 1.61. The van der Waals surface area contributed by atoms with Crippen molar-refractivity contribution in [3.05, 3.63) is 35.9 Å². The molecule has 3 amide bonds. The third kappa shape index (κ3) is 7.31. The van der Waals surface area contributed by atoms with Crippen molar-refractivity contribution in [1.82, 2.24) is 20.4 Å². The highest BCUT2D eigenvalue weighted by atomic mass is 16.2. The summed E-state index contributed by atoms with van der Waals surface area (Å²) in [4.78, 5) is 40.1. The van der Waals surface area contributed by atoms with Crippen molar-refractivity contribution in [1.29, 1.82) is 0 Å². The second kappa shape index (κ2) is 9.68. The number of rotatable bonds is 6. The summed E-state index contributed by atoms with van der Waals surface area (Å²) in [6, 6.07) is 9.30. The van der Waals surface area contributed by atoms with Crippen LogP contribution >= 0.6 is 0 Å². The molecule has 1 aliphatic heterocycles. The highest BCUT2D eigenvalue weighted by Gasteiger charge is 2.24. The van der Waals surface area contributed by atoms with Crippen LogP contribution in [0.15, 0.2) is 30.3 Å². The number of hydrogen-bond acceptors (Lipinski definition) is 4. The Labute approximate surface area is 167 Å². The van der Waals surface area contributed by atoms with Crippen LogP contribution in [-0.4, -0.2) is 72.3 Å². The Morgan fingerprint density at radius 2 is 1.71 bits per heavy atom. The first-order valence-corrected chi connectivity index (χ1v) is 9.77. The van der Waals surface area contributed by atoms with Gasteiger partial charge in [0.05, 0.1) is 13.1 Å². The van der Waals surface area contributed by atoms with Gasteiger partial charge in [0.1, 0.15) is 0 Å². The summed E-state index contributed by atoms with van der Waals surface area (Å²) in [7, 11) is 1.65. The molecule has 0 bridgehead atoms. The van der Waals surface area contributed by atoms with Crippen LogP contribution in [0.2, 0.25) is 0 Å². The van der Waals surface area contributed by atoms with Crippen molar-refractivity contribution >= 4 is 17.7 Å². The normalized spacial score (nSPS) is 15.7. The van der Waals surface area contributed by atoms with Gasteiger partial charge in [0.2, 0.25) is 11.8 Å². The number of nitrogens with zero attached hydrogens (tertiary/aromatic N) is 2. The summed E-state index contributed by atoms with van der Waals surface area (Å²) in [5, 5.41) is 5.93. The van der Waals surface area contributed by atoms with E-state index in [0.717, 1.165) is 25.9 Å². The summed E-state index contributed by atoms with van der Waals surface area (Å²) in [5.41, 5.74) is 0.350. The van der Waals surface area contributed by atoms with Crippen LogP contribution in [0.5, 0.6) is 0 Å². The molecule has 0 unspecified atom stereocenters. The molecule has 0 aliphatic carbocycles. The molecule has 1 aromatic carbocycles. The van der Waals surface area contributed by atoms with Crippen LogP contribution in [0.1, 0.15) is 44.0 Å². The van der Waals surface area contributed by atoms with Gasteiger partial charge in [-0.1, -0.05) is 18.2 Å². The van der Waals surface area contributed by atoms with Crippen molar-refractivity contribution in [3.63, 3.8) is 0 Å². The minimum atomic E-state index is -0.312. The number of amides is 3. The number of likely N-dealkylation sites (N-methyl/N-ethyl adjacent to an activating group) is 1. The summed E-state index contributed by atoms with van der Waals surface area (Å²) >= 11 is 0. The monoisotopic (exact) mass is 388 g/mol. The first-order valence-electron chi connectivity index (χ1n) is 9.77. The van der Waals surface area contributed by atoms with Crippen molar-refractivity contribution in [2.45, 2.75) is 45.2 Å². The second-order valence-corrected chi connectivity index (χ2v) is 8.44. The van der Waals surface area contributed by atoms with E-state index in [-0.39, 0.29) is 35.8 Å². The second-order valence-electron chi connectivity index (χ2n) is 8.44. The number of carbonyl (C=O) groups excluding carboxylic acids is 3. The van der Waals surface area contributed by atoms with E-state index in [1.165, 1.54) is 4.90 Å². The molecular weight excluding hydrogens is 356 g/mol. The zero-order valence-electron chi connectivity index (χ0n) is 17.3. The van der Waals surface area contributed by atoms with Gasteiger partial charge in [0.15, 0.2) is 0 Å². The predicted octanol–water partition coefficient (Wildman–Crippen LogP) is 1.25. The summed E-state index contributed by atoms with van der Waals surface area (Å²) in [5.74, 6) is -0.291. The maximum absolute atomic E-state index is 12.4. The first kappa shape index (κ1) is 21.9. The lowest BCUT2D eigenvalue weighted by Crippen LogP contribution is -2.50. The van der Waals surface area contributed by atoms with E-state index in [1.807, 2.05) is 39.0 Å². The number of benzene rings is 1. The lowest BCUT2D eigenvalue weighted by Gasteiger charge is -2.33. The Hall–Kier alpha value is -2.41. The van der Waals surface area contributed by atoms with E-state index in [4.69, 9.17) is 0 Å². The highest BCUT2D eigenvalue weighted by molar-refractivity contribution is 5.94. The molecule has 0 radical (unpaired) electrons. The van der Waals surface area contributed by atoms with E-state index in [1.54, 1.807) is 19.2 Å². The molecule has 1 saturated heterocycles. The van der Waals surface area contributed by atoms with Crippen LogP contribution in [0.4, 0.5) is 0 Å². The molecule has 1 heterocycles. The predicted molar refractivity (Wildman–Crippen MR) is 109 cm³/mol. The van der Waals surface area contributed by atoms with Gasteiger partial charge in [-0.15, -0.1) is 0 Å². The van der Waals surface area contributed by atoms with Crippen LogP contribution < -0.4 is 10.6 Å². The molecule has 0 aromatic heterocycles. The first-order chi connectivity index (χ1) is 13.1. The Kier molecular flexibility index (Phi) is 7.57. The maximum Gasteiger partial charge on any atom is 0.251 e. The Morgan fingerprint density at radius 3 is 2.29 bits per heavy atom. The van der Waals surface area contributed by atoms with Crippen molar-refractivity contribution in [3.8, 4) is 0 Å². The average molecular weight is 389 g/mol. The number of hydrogen-bond donors (Lipinski definition) is 2. The maximum atomic E-state index is 12.4. The molecule has 1 fully saturated rings. The summed E-state index contributed by atoms with van der Waals surface area (Å²) < 4.78 is 0. The van der Waals surface area contributed by atoms with Gasteiger partial charge >= 0.3 is 0 Å². The van der Waals surface area contributed by atoms with Gasteiger partial charge in [-0.2, -0.15) is 0 Å². The largest absolute Gasteiger partial charge is 0.350 e. The topological polar surface area (TPSA) is 81.8 Å². The zero-order valence-corrected chi connectivity index (χ0v) is 17.3. The number of carbonyl (C=O) groups is 3. The van der Waals surface area contributed by atoms with Crippen molar-refractivity contribution in [2.24, 2.45) is 0 Å². The third-order valence-electron chi connectivity index (χ3n) is 4.64. The molecule has 7 nitrogen and oxygen atoms in total. The van der Waals surface area contributed by atoms with Gasteiger partial charge in [-0.3, -0.25) is 19.3 Å². The number of likely N-dealkylation sites (tertiary alicyclic amines) is 1. The zero-order chi connectivity index (χ0) is 20.7. The molecule has 1 aliphatic rings. The molecular formula is C21H32N4O3. The SMILES string of the molecule is CN(CC(=O)NC(C)(C)C)C(=O)CN1CCC(NC(=O)c2ccccc2)CC1. The minimum absolute atomic E-state index is 0.0553. The van der Waals surface area contributed by atoms with Gasteiger partial charge in [-0.05, 0) is 45.7 Å². The molecule has 2 N–H and O–H groups in total. The molecule has 28 heavy (non-hydrogen) atoms. The van der Waals surface area contributed by atoms with Crippen LogP contribution in [0, 0.1) is 0 Å². The Morgan fingerprint density at radius 1 is 1.11 bits per heavy atom. The van der Waals surface area contributed by atoms with Crippen LogP contribution in [-0.2, 0) is 9.59 Å². The fourth-order valence-electron chi connectivity index (χ4n) is 3.17. The molecule has 7 heteroatoms. The van der Waals surface area contributed by atoms with Crippen molar-refractivity contribution in [2.75, 3.05) is 33.2 Å². The third-order valence-corrected chi connectivity index (χ3v) is 4.64. The molecule has 154 valence electrons. The Balaban J connectivity index is 1.72. The van der Waals surface area contributed by atoms with E-state index >= 15 is 0 Å². The van der Waals surface area contributed by atoms with Gasteiger partial charge in [0, 0.05) is 37.3 Å². The van der Waals surface area contributed by atoms with E-state index in [9.17, 15) is 14.4 Å². The number of nitrogens with one attached hydrogen (secondary N) is 2. The standard InChI is InChI=1S/C21H32N4O3/c1-21(2,3)23-18(26)14-24(4)19(27)15-25-12-10-17(11-13-25)22-20(28)16-8-6-5-7-9-16/h5-9,17H,10-15H2,1-4H3,(H,22,28)(H,23,26). The van der Waals surface area contributed by atoms with Crippen LogP contribution in [0.3, 0.4) is 0 Å². The fraction of sp³-hybridized carbons (Fsp3) is 0.571. The van der Waals surface area contributed by atoms with Crippen molar-refractivity contribution < 1.29 is 14.4 Å². The fourth-order valence-corrected chi connectivity index (χ4v) is 3.17. The smallest absolute Gasteiger partial charge is 0.251 e. The van der Waals surface area contributed by atoms with E-state index < -0.39 is 0 Å². The minimum Gasteiger partial charge on any atom is -0.350 e. The van der Waals surface area contributed by atoms with Crippen LogP contribution in [0.25, 0.3) is 0 Å². The molecule has 2 rings (SSSR count).